The molecule has 94 valence electrons. The third-order valence-electron chi connectivity index (χ3n) is 3.93. The van der Waals surface area contributed by atoms with E-state index in [1.807, 2.05) is 24.5 Å². The lowest BCUT2D eigenvalue weighted by atomic mass is 9.74. The zero-order chi connectivity index (χ0) is 12.6. The Labute approximate surface area is 115 Å². The van der Waals surface area contributed by atoms with Crippen molar-refractivity contribution >= 4 is 32.7 Å². The van der Waals surface area contributed by atoms with Gasteiger partial charge in [-0.25, -0.2) is 0 Å². The van der Waals surface area contributed by atoms with Gasteiger partial charge in [0.25, 0.3) is 0 Å². The van der Waals surface area contributed by atoms with E-state index in [4.69, 9.17) is 0 Å². The van der Waals surface area contributed by atoms with E-state index in [2.05, 4.69) is 38.1 Å². The number of hydrogen-bond acceptors (Lipinski definition) is 3. The molecule has 1 N–H and O–H groups in total. The zero-order valence-corrected chi connectivity index (χ0v) is 12.0. The molecule has 1 fully saturated rings. The van der Waals surface area contributed by atoms with Crippen molar-refractivity contribution in [3.63, 3.8) is 0 Å². The van der Waals surface area contributed by atoms with E-state index in [9.17, 15) is 0 Å². The Hall–Kier alpha value is -1.16. The number of pyridine rings is 2. The Morgan fingerprint density at radius 1 is 1.39 bits per heavy atom. The van der Waals surface area contributed by atoms with E-state index in [-0.39, 0.29) is 5.54 Å². The third kappa shape index (κ3) is 1.99. The van der Waals surface area contributed by atoms with Crippen LogP contribution >= 0.6 is 15.9 Å². The first-order valence-corrected chi connectivity index (χ1v) is 7.20. The Bertz CT molecular complexity index is 573. The molecule has 3 nitrogen and oxygen atoms in total. The molecule has 0 bridgehead atoms. The summed E-state index contributed by atoms with van der Waals surface area (Å²) in [4.78, 5) is 8.86. The number of fused-ring (bicyclic) bond motifs is 1. The predicted molar refractivity (Wildman–Crippen MR) is 77.7 cm³/mol. The lowest BCUT2D eigenvalue weighted by Crippen LogP contribution is -2.44. The topological polar surface area (TPSA) is 37.8 Å². The monoisotopic (exact) mass is 305 g/mol. The van der Waals surface area contributed by atoms with Gasteiger partial charge in [-0.1, -0.05) is 6.92 Å². The summed E-state index contributed by atoms with van der Waals surface area (Å²) in [5.74, 6) is 0. The molecule has 2 heterocycles. The molecule has 3 rings (SSSR count). The number of hydrogen-bond donors (Lipinski definition) is 1. The van der Waals surface area contributed by atoms with Crippen molar-refractivity contribution in [1.82, 2.24) is 9.97 Å². The average Bonchev–Trinajstić information content (AvgIpc) is 2.33. The first-order valence-electron chi connectivity index (χ1n) is 6.41. The summed E-state index contributed by atoms with van der Waals surface area (Å²) in [6, 6.07) is 4.03. The smallest absolute Gasteiger partial charge is 0.112 e. The Kier molecular flexibility index (Phi) is 2.98. The van der Waals surface area contributed by atoms with Crippen LogP contribution in [0.1, 0.15) is 32.6 Å². The second-order valence-electron chi connectivity index (χ2n) is 4.99. The Morgan fingerprint density at radius 2 is 2.22 bits per heavy atom. The summed E-state index contributed by atoms with van der Waals surface area (Å²) in [5.41, 5.74) is 3.28. The average molecular weight is 306 g/mol. The van der Waals surface area contributed by atoms with Gasteiger partial charge in [-0.2, -0.15) is 0 Å². The number of anilines is 1. The summed E-state index contributed by atoms with van der Waals surface area (Å²) < 4.78 is 0.966. The molecular formula is C14H16BrN3. The summed E-state index contributed by atoms with van der Waals surface area (Å²) in [7, 11) is 0. The fraction of sp³-hybridized carbons (Fsp3) is 0.429. The molecule has 0 saturated heterocycles. The SMILES string of the molecule is CCC1(Nc2ccnc3cc(Br)cnc23)CCC1. The molecule has 4 heteroatoms. The maximum atomic E-state index is 4.49. The van der Waals surface area contributed by atoms with Crippen molar-refractivity contribution in [3.8, 4) is 0 Å². The molecule has 0 aliphatic heterocycles. The van der Waals surface area contributed by atoms with E-state index >= 15 is 0 Å². The van der Waals surface area contributed by atoms with Gasteiger partial charge in [0.05, 0.1) is 11.2 Å². The maximum absolute atomic E-state index is 4.49. The van der Waals surface area contributed by atoms with Crippen molar-refractivity contribution in [1.29, 1.82) is 0 Å². The van der Waals surface area contributed by atoms with E-state index in [0.29, 0.717) is 0 Å². The molecule has 2 aromatic heterocycles. The number of nitrogens with one attached hydrogen (secondary N) is 1. The van der Waals surface area contributed by atoms with Gasteiger partial charge in [0.15, 0.2) is 0 Å². The molecular weight excluding hydrogens is 290 g/mol. The van der Waals surface area contributed by atoms with Crippen molar-refractivity contribution < 1.29 is 0 Å². The lowest BCUT2D eigenvalue weighted by Gasteiger charge is -2.43. The third-order valence-corrected chi connectivity index (χ3v) is 4.37. The fourth-order valence-electron chi connectivity index (χ4n) is 2.56. The standard InChI is InChI=1S/C14H16BrN3/c1-2-14(5-3-6-14)18-11-4-7-16-12-8-10(15)9-17-13(11)12/h4,7-9H,2-3,5-6H2,1H3,(H,16,18). The largest absolute Gasteiger partial charge is 0.378 e. The van der Waals surface area contributed by atoms with Crippen LogP contribution in [0.25, 0.3) is 11.0 Å². The molecule has 0 amide bonds. The molecule has 2 aromatic rings. The van der Waals surface area contributed by atoms with Gasteiger partial charge in [0.1, 0.15) is 5.52 Å². The first-order chi connectivity index (χ1) is 8.72. The van der Waals surface area contributed by atoms with Crippen LogP contribution in [0.3, 0.4) is 0 Å². The van der Waals surface area contributed by atoms with Crippen molar-refractivity contribution in [2.75, 3.05) is 5.32 Å². The maximum Gasteiger partial charge on any atom is 0.112 e. The molecule has 0 aromatic carbocycles. The Morgan fingerprint density at radius 3 is 2.89 bits per heavy atom. The van der Waals surface area contributed by atoms with Gasteiger partial charge in [-0.15, -0.1) is 0 Å². The zero-order valence-electron chi connectivity index (χ0n) is 10.4. The number of aromatic nitrogens is 2. The molecule has 0 radical (unpaired) electrons. The summed E-state index contributed by atoms with van der Waals surface area (Å²) >= 11 is 3.43. The predicted octanol–water partition coefficient (Wildman–Crippen LogP) is 4.14. The van der Waals surface area contributed by atoms with Gasteiger partial charge in [-0.3, -0.25) is 9.97 Å². The van der Waals surface area contributed by atoms with E-state index in [0.717, 1.165) is 27.6 Å². The second kappa shape index (κ2) is 4.50. The number of rotatable bonds is 3. The second-order valence-corrected chi connectivity index (χ2v) is 5.91. The van der Waals surface area contributed by atoms with Crippen LogP contribution in [0.4, 0.5) is 5.69 Å². The van der Waals surface area contributed by atoms with Crippen molar-refractivity contribution in [3.05, 3.63) is 29.0 Å². The minimum absolute atomic E-state index is 0.281. The molecule has 1 saturated carbocycles. The minimum atomic E-state index is 0.281. The summed E-state index contributed by atoms with van der Waals surface area (Å²) in [5, 5.41) is 3.69. The fourth-order valence-corrected chi connectivity index (χ4v) is 2.88. The van der Waals surface area contributed by atoms with Crippen LogP contribution < -0.4 is 5.32 Å². The van der Waals surface area contributed by atoms with Crippen molar-refractivity contribution in [2.45, 2.75) is 38.1 Å². The minimum Gasteiger partial charge on any atom is -0.378 e. The van der Waals surface area contributed by atoms with Crippen LogP contribution in [0.5, 0.6) is 0 Å². The van der Waals surface area contributed by atoms with Crippen LogP contribution in [0.2, 0.25) is 0 Å². The highest BCUT2D eigenvalue weighted by Gasteiger charge is 2.35. The van der Waals surface area contributed by atoms with Gasteiger partial charge in [-0.05, 0) is 53.7 Å². The highest BCUT2D eigenvalue weighted by atomic mass is 79.9. The van der Waals surface area contributed by atoms with Crippen LogP contribution in [-0.4, -0.2) is 15.5 Å². The number of halogens is 1. The molecule has 1 aliphatic carbocycles. The molecule has 1 aliphatic rings. The van der Waals surface area contributed by atoms with Crippen LogP contribution in [0, 0.1) is 0 Å². The van der Waals surface area contributed by atoms with E-state index in [1.54, 1.807) is 0 Å². The van der Waals surface area contributed by atoms with E-state index in [1.165, 1.54) is 19.3 Å². The van der Waals surface area contributed by atoms with Gasteiger partial charge < -0.3 is 5.32 Å². The molecule has 18 heavy (non-hydrogen) atoms. The quantitative estimate of drug-likeness (QED) is 0.926. The van der Waals surface area contributed by atoms with E-state index < -0.39 is 0 Å². The van der Waals surface area contributed by atoms with Crippen molar-refractivity contribution in [2.24, 2.45) is 0 Å². The highest BCUT2D eigenvalue weighted by Crippen LogP contribution is 2.39. The molecule has 0 spiro atoms. The Balaban J connectivity index is 2.01. The normalized spacial score (nSPS) is 17.4. The summed E-state index contributed by atoms with van der Waals surface area (Å²) in [6.07, 6.45) is 8.67. The molecule has 0 atom stereocenters. The summed E-state index contributed by atoms with van der Waals surface area (Å²) in [6.45, 7) is 2.25. The first kappa shape index (κ1) is 11.9. The van der Waals surface area contributed by atoms with Crippen LogP contribution in [0.15, 0.2) is 29.0 Å². The molecule has 0 unspecified atom stereocenters. The van der Waals surface area contributed by atoms with Gasteiger partial charge in [0.2, 0.25) is 0 Å². The van der Waals surface area contributed by atoms with Gasteiger partial charge >= 0.3 is 0 Å². The van der Waals surface area contributed by atoms with Gasteiger partial charge in [0, 0.05) is 22.4 Å². The van der Waals surface area contributed by atoms with Crippen LogP contribution in [-0.2, 0) is 0 Å². The lowest BCUT2D eigenvalue weighted by molar-refractivity contribution is 0.270. The number of nitrogens with zero attached hydrogens (tertiary/aromatic N) is 2. The highest BCUT2D eigenvalue weighted by molar-refractivity contribution is 9.10.